The normalized spacial score (nSPS) is 0. The molecule has 0 atom stereocenters. The van der Waals surface area contributed by atoms with Gasteiger partial charge in [-0.25, -0.2) is 0 Å². The Morgan fingerprint density at radius 2 is 1.00 bits per heavy atom. The van der Waals surface area contributed by atoms with Crippen molar-refractivity contribution in [3.05, 3.63) is 0 Å². The van der Waals surface area contributed by atoms with Gasteiger partial charge in [0.25, 0.3) is 0 Å². The summed E-state index contributed by atoms with van der Waals surface area (Å²) in [7, 11) is 0. The number of rotatable bonds is 0. The van der Waals surface area contributed by atoms with E-state index < -0.39 is 0 Å². The molecule has 0 fully saturated rings. The molecule has 0 aromatic rings. The minimum atomic E-state index is 0. The minimum absolute atomic E-state index is 0. The van der Waals surface area contributed by atoms with E-state index in [-0.39, 0.29) is 124 Å². The molecule has 0 amide bonds. The fourth-order valence-electron chi connectivity index (χ4n) is 0. The van der Waals surface area contributed by atoms with Crippen molar-refractivity contribution < 1.29 is 46.8 Å². The Morgan fingerprint density at radius 1 is 1.00 bits per heavy atom. The third kappa shape index (κ3) is 17.9. The van der Waals surface area contributed by atoms with Crippen molar-refractivity contribution in [2.45, 2.75) is 0 Å². The molecule has 0 aliphatic rings. The van der Waals surface area contributed by atoms with Crippen LogP contribution in [0.4, 0.5) is 0 Å². The summed E-state index contributed by atoms with van der Waals surface area (Å²) in [4.78, 5) is 0. The first-order valence-electron chi connectivity index (χ1n) is 0. The molecule has 5 heteroatoms. The van der Waals surface area contributed by atoms with Gasteiger partial charge in [-0.05, 0) is 0 Å². The SMILES string of the molecule is [Bi].[Cd].[Pb].[Sn].[Zn]. The molecule has 0 aromatic carbocycles. The van der Waals surface area contributed by atoms with E-state index in [0.717, 1.165) is 0 Å². The van der Waals surface area contributed by atoms with E-state index >= 15 is 0 Å². The van der Waals surface area contributed by atoms with Gasteiger partial charge in [-0.3, -0.25) is 0 Å². The third-order valence-electron chi connectivity index (χ3n) is 0. The van der Waals surface area contributed by atoms with Crippen molar-refractivity contribution in [3.8, 4) is 0 Å². The van der Waals surface area contributed by atoms with Crippen LogP contribution in [0.3, 0.4) is 0 Å². The number of hydrogen-bond donors (Lipinski definition) is 0. The van der Waals surface area contributed by atoms with Gasteiger partial charge in [0, 0.05) is 124 Å². The molecule has 0 aliphatic carbocycles. The predicted octanol–water partition coefficient (Wildman–Crippen LogP) is -1.15. The first-order valence-corrected chi connectivity index (χ1v) is 0. The van der Waals surface area contributed by atoms with Crippen molar-refractivity contribution in [3.63, 3.8) is 0 Å². The monoisotopic (exact) mass is 715 g/mol. The molecule has 0 unspecified atom stereocenters. The smallest absolute Gasteiger partial charge is 0 e. The maximum absolute atomic E-state index is 0. The standard InChI is InChI=1S/Bi.Cd.Pb.Sn.Zn. The zero-order chi connectivity index (χ0) is 0. The van der Waals surface area contributed by atoms with Gasteiger partial charge in [0.15, 0.2) is 0 Å². The first kappa shape index (κ1) is 35.3. The van der Waals surface area contributed by atoms with Crippen molar-refractivity contribution in [1.82, 2.24) is 0 Å². The Bertz CT molecular complexity index is 11.6. The molecule has 0 saturated heterocycles. The van der Waals surface area contributed by atoms with E-state index in [1.807, 2.05) is 0 Å². The van der Waals surface area contributed by atoms with Crippen LogP contribution >= 0.6 is 0 Å². The second kappa shape index (κ2) is 24.2. The van der Waals surface area contributed by atoms with Crippen molar-refractivity contribution in [2.75, 3.05) is 0 Å². The minimum Gasteiger partial charge on any atom is 0 e. The first-order chi connectivity index (χ1) is 0. The van der Waals surface area contributed by atoms with E-state index in [1.165, 1.54) is 0 Å². The summed E-state index contributed by atoms with van der Waals surface area (Å²) >= 11 is 0. The van der Waals surface area contributed by atoms with Gasteiger partial charge >= 0.3 is 0 Å². The Balaban J connectivity index is 0. The molecular weight excluding hydrogens is 713 g/mol. The average molecular weight is 713 g/mol. The zero-order valence-corrected chi connectivity index (χ0v) is 20.1. The topological polar surface area (TPSA) is 0 Å². The average Bonchev–Trinajstić information content (AvgIpc) is 0. The maximum Gasteiger partial charge on any atom is 0 e. The van der Waals surface area contributed by atoms with Crippen LogP contribution in [0.15, 0.2) is 0 Å². The van der Waals surface area contributed by atoms with Gasteiger partial charge in [-0.1, -0.05) is 0 Å². The van der Waals surface area contributed by atoms with Crippen LogP contribution in [0, 0.1) is 0 Å². The molecule has 0 saturated carbocycles. The Labute approximate surface area is 121 Å². The van der Waals surface area contributed by atoms with Crippen LogP contribution in [0.25, 0.3) is 0 Å². The van der Waals surface area contributed by atoms with E-state index in [9.17, 15) is 0 Å². The molecule has 0 nitrogen and oxygen atoms in total. The van der Waals surface area contributed by atoms with Gasteiger partial charge in [0.05, 0.1) is 0 Å². The van der Waals surface area contributed by atoms with Crippen molar-refractivity contribution in [2.24, 2.45) is 0 Å². The van der Waals surface area contributed by atoms with Gasteiger partial charge in [0.1, 0.15) is 0 Å². The summed E-state index contributed by atoms with van der Waals surface area (Å²) in [6.07, 6.45) is 0. The molecule has 0 aliphatic heterocycles. The van der Waals surface area contributed by atoms with E-state index in [2.05, 4.69) is 0 Å². The maximum atomic E-state index is 0. The van der Waals surface area contributed by atoms with Crippen LogP contribution < -0.4 is 0 Å². The molecule has 0 spiro atoms. The fraction of sp³-hybridized carbons (Fsp3) is 0. The largest absolute Gasteiger partial charge is 0 e. The second-order valence-electron chi connectivity index (χ2n) is 0. The summed E-state index contributed by atoms with van der Waals surface area (Å²) in [6, 6.07) is 0. The zero-order valence-electron chi connectivity index (χ0n) is 2.86. The van der Waals surface area contributed by atoms with Crippen LogP contribution in [0.1, 0.15) is 0 Å². The van der Waals surface area contributed by atoms with E-state index in [4.69, 9.17) is 0 Å². The predicted molar refractivity (Wildman–Crippen MR) is 17.3 cm³/mol. The molecule has 17 valence electrons. The molecule has 0 heterocycles. The Kier molecular flexibility index (Phi) is 171. The number of hydrogen-bond acceptors (Lipinski definition) is 0. The van der Waals surface area contributed by atoms with Gasteiger partial charge in [0.2, 0.25) is 0 Å². The van der Waals surface area contributed by atoms with Crippen molar-refractivity contribution >= 4 is 77.4 Å². The van der Waals surface area contributed by atoms with Crippen LogP contribution in [-0.4, -0.2) is 77.4 Å². The van der Waals surface area contributed by atoms with Crippen LogP contribution in [0.2, 0.25) is 0 Å². The summed E-state index contributed by atoms with van der Waals surface area (Å²) in [5, 5.41) is 0. The van der Waals surface area contributed by atoms with E-state index in [0.29, 0.717) is 0 Å². The quantitative estimate of drug-likeness (QED) is 0.279. The van der Waals surface area contributed by atoms with E-state index in [1.54, 1.807) is 0 Å². The molecule has 5 heavy (non-hydrogen) atoms. The van der Waals surface area contributed by atoms with Gasteiger partial charge in [-0.15, -0.1) is 0 Å². The summed E-state index contributed by atoms with van der Waals surface area (Å²) in [5.41, 5.74) is 0. The Morgan fingerprint density at radius 3 is 1.00 bits per heavy atom. The third-order valence-corrected chi connectivity index (χ3v) is 0. The molecule has 0 aromatic heterocycles. The molecule has 11 radical (unpaired) electrons. The molecule has 0 rings (SSSR count). The van der Waals surface area contributed by atoms with Crippen LogP contribution in [0.5, 0.6) is 0 Å². The summed E-state index contributed by atoms with van der Waals surface area (Å²) < 4.78 is 0. The van der Waals surface area contributed by atoms with Crippen molar-refractivity contribution in [1.29, 1.82) is 0 Å². The summed E-state index contributed by atoms with van der Waals surface area (Å²) in [5.74, 6) is 0. The fourth-order valence-corrected chi connectivity index (χ4v) is 0. The van der Waals surface area contributed by atoms with Crippen LogP contribution in [-0.2, 0) is 46.8 Å². The Hall–Kier alpha value is 4.15. The van der Waals surface area contributed by atoms with Gasteiger partial charge in [-0.2, -0.15) is 0 Å². The molecular formula is BiCdPbSnZn. The molecule has 0 N–H and O–H groups in total. The molecule has 0 bridgehead atoms. The summed E-state index contributed by atoms with van der Waals surface area (Å²) in [6.45, 7) is 0. The van der Waals surface area contributed by atoms with Gasteiger partial charge < -0.3 is 0 Å². The second-order valence-corrected chi connectivity index (χ2v) is 0.